The first-order chi connectivity index (χ1) is 30.4. The van der Waals surface area contributed by atoms with Gasteiger partial charge in [-0.05, 0) is 175 Å². The quantitative estimate of drug-likeness (QED) is 0.143. The maximum atomic E-state index is 2.41. The second kappa shape index (κ2) is 14.6. The van der Waals surface area contributed by atoms with Crippen LogP contribution >= 0.6 is 0 Å². The molecule has 64 heavy (non-hydrogen) atoms. The van der Waals surface area contributed by atoms with E-state index < -0.39 is 0 Å². The summed E-state index contributed by atoms with van der Waals surface area (Å²) >= 11 is 0. The van der Waals surface area contributed by atoms with Crippen molar-refractivity contribution in [2.24, 2.45) is 0 Å². The summed E-state index contributed by atoms with van der Waals surface area (Å²) < 4.78 is 0. The highest BCUT2D eigenvalue weighted by Gasteiger charge is 2.39. The molecule has 9 aromatic carbocycles. The zero-order valence-corrected chi connectivity index (χ0v) is 40.3. The van der Waals surface area contributed by atoms with Gasteiger partial charge in [-0.2, -0.15) is 0 Å². The molecule has 0 aliphatic heterocycles. The molecule has 0 unspecified atom stereocenters. The van der Waals surface area contributed by atoms with Gasteiger partial charge in [0.2, 0.25) is 0 Å². The van der Waals surface area contributed by atoms with E-state index in [2.05, 4.69) is 230 Å². The van der Waals surface area contributed by atoms with Crippen LogP contribution in [0.3, 0.4) is 0 Å². The average Bonchev–Trinajstić information content (AvgIpc) is 3.73. The molecule has 0 saturated carbocycles. The van der Waals surface area contributed by atoms with Gasteiger partial charge in [0.05, 0.1) is 0 Å². The van der Waals surface area contributed by atoms with Crippen LogP contribution in [0.4, 0.5) is 0 Å². The lowest BCUT2D eigenvalue weighted by Gasteiger charge is -2.23. The first-order valence-electron chi connectivity index (χ1n) is 23.3. The van der Waals surface area contributed by atoms with Gasteiger partial charge in [-0.3, -0.25) is 0 Å². The van der Waals surface area contributed by atoms with Crippen LogP contribution in [-0.2, 0) is 16.2 Å². The number of hydrogen-bond acceptors (Lipinski definition) is 0. The van der Waals surface area contributed by atoms with Crippen molar-refractivity contribution in [3.63, 3.8) is 0 Å². The van der Waals surface area contributed by atoms with E-state index in [1.165, 1.54) is 138 Å². The lowest BCUT2D eigenvalue weighted by Crippen LogP contribution is -2.15. The van der Waals surface area contributed by atoms with Gasteiger partial charge in [0.25, 0.3) is 0 Å². The summed E-state index contributed by atoms with van der Waals surface area (Å²) in [6.45, 7) is 29.6. The third kappa shape index (κ3) is 6.16. The summed E-state index contributed by atoms with van der Waals surface area (Å²) in [5.74, 6) is 0. The van der Waals surface area contributed by atoms with E-state index in [1.54, 1.807) is 0 Å². The fraction of sp³-hybridized carbons (Fsp3) is 0.250. The van der Waals surface area contributed by atoms with Crippen LogP contribution in [0.1, 0.15) is 114 Å². The Morgan fingerprint density at radius 3 is 0.891 bits per heavy atom. The zero-order valence-electron chi connectivity index (χ0n) is 40.3. The number of hydrogen-bond donors (Lipinski definition) is 0. The van der Waals surface area contributed by atoms with E-state index in [-0.39, 0.29) is 16.2 Å². The van der Waals surface area contributed by atoms with E-state index >= 15 is 0 Å². The van der Waals surface area contributed by atoms with Crippen LogP contribution in [0.15, 0.2) is 140 Å². The topological polar surface area (TPSA) is 0 Å². The zero-order chi connectivity index (χ0) is 45.2. The Bertz CT molecular complexity index is 3270. The van der Waals surface area contributed by atoms with Gasteiger partial charge in [-0.25, -0.2) is 0 Å². The van der Waals surface area contributed by atoms with Gasteiger partial charge in [-0.15, -0.1) is 0 Å². The molecule has 12 rings (SSSR count). The fourth-order valence-electron chi connectivity index (χ4n) is 11.8. The highest BCUT2D eigenvalue weighted by Crippen LogP contribution is 2.55. The van der Waals surface area contributed by atoms with Gasteiger partial charge < -0.3 is 0 Å². The molecular weight excluding hydrogens is 769 g/mol. The first-order valence-corrected chi connectivity index (χ1v) is 23.3. The monoisotopic (exact) mass is 830 g/mol. The number of benzene rings is 9. The normalized spacial score (nSPS) is 15.0. The Balaban J connectivity index is 0.000000114. The smallest absolute Gasteiger partial charge is 0.0159 e. The molecule has 0 heterocycles. The lowest BCUT2D eigenvalue weighted by molar-refractivity contribution is 0.659. The van der Waals surface area contributed by atoms with Gasteiger partial charge in [0, 0.05) is 16.2 Å². The van der Waals surface area contributed by atoms with Crippen LogP contribution in [0.25, 0.3) is 65.7 Å². The average molecular weight is 831 g/mol. The second-order valence-corrected chi connectivity index (χ2v) is 20.9. The van der Waals surface area contributed by atoms with E-state index in [0.717, 1.165) is 0 Å². The Morgan fingerprint density at radius 2 is 0.531 bits per heavy atom. The van der Waals surface area contributed by atoms with E-state index in [4.69, 9.17) is 0 Å². The maximum Gasteiger partial charge on any atom is 0.0159 e. The Kier molecular flexibility index (Phi) is 9.56. The summed E-state index contributed by atoms with van der Waals surface area (Å²) in [4.78, 5) is 0. The standard InChI is InChI=1S/C22H22.2C21H20/c1-13-10-18-19(11-14(13)2)22(4,5)20-12-15(3)16-8-6-7-9-17(16)21(18)20;2*1-13-9-10-17-18(11-13)21(3,4)19-12-14(2)15-7-5-6-8-16(15)20(17)19/h6-12H,1-5H3;2*5-12H,1-4H3. The van der Waals surface area contributed by atoms with E-state index in [9.17, 15) is 0 Å². The van der Waals surface area contributed by atoms with Crippen molar-refractivity contribution in [1.29, 1.82) is 0 Å². The molecule has 0 bridgehead atoms. The third-order valence-corrected chi connectivity index (χ3v) is 15.6. The lowest BCUT2D eigenvalue weighted by atomic mass is 9.80. The van der Waals surface area contributed by atoms with E-state index in [0.29, 0.717) is 0 Å². The minimum Gasteiger partial charge on any atom is -0.0616 e. The minimum atomic E-state index is 0.0813. The Morgan fingerprint density at radius 1 is 0.250 bits per heavy atom. The van der Waals surface area contributed by atoms with Gasteiger partial charge >= 0.3 is 0 Å². The molecule has 0 N–H and O–H groups in total. The molecule has 0 fully saturated rings. The van der Waals surface area contributed by atoms with Gasteiger partial charge in [-0.1, -0.05) is 192 Å². The van der Waals surface area contributed by atoms with Crippen molar-refractivity contribution >= 4 is 32.3 Å². The third-order valence-electron chi connectivity index (χ3n) is 15.6. The first kappa shape index (κ1) is 41.8. The molecule has 0 aromatic heterocycles. The minimum absolute atomic E-state index is 0.0813. The Labute approximate surface area is 382 Å². The molecule has 3 aliphatic carbocycles. The van der Waals surface area contributed by atoms with Gasteiger partial charge in [0.1, 0.15) is 0 Å². The van der Waals surface area contributed by atoms with Crippen LogP contribution in [0, 0.1) is 48.5 Å². The number of rotatable bonds is 0. The van der Waals surface area contributed by atoms with Crippen LogP contribution < -0.4 is 0 Å². The predicted octanol–water partition coefficient (Wildman–Crippen LogP) is 17.6. The summed E-state index contributed by atoms with van der Waals surface area (Å²) in [5, 5.41) is 8.31. The molecule has 318 valence electrons. The van der Waals surface area contributed by atoms with Crippen LogP contribution in [0.5, 0.6) is 0 Å². The molecule has 9 aromatic rings. The number of fused-ring (bicyclic) bond motifs is 15. The highest BCUT2D eigenvalue weighted by atomic mass is 14.4. The SMILES string of the molecule is Cc1cc2c(cc1C)C(C)(C)c1cc(C)c3ccccc3c1-2.Cc1ccc2c(c1)C(C)(C)c1cc(C)c3ccccc3c1-2.Cc1ccc2c(c1)C(C)(C)c1cc(C)c3ccccc3c1-2. The van der Waals surface area contributed by atoms with E-state index in [1.807, 2.05) is 0 Å². The highest BCUT2D eigenvalue weighted by molar-refractivity contribution is 6.06. The molecule has 0 saturated heterocycles. The predicted molar refractivity (Wildman–Crippen MR) is 278 cm³/mol. The molecule has 0 amide bonds. The molecule has 0 nitrogen and oxygen atoms in total. The van der Waals surface area contributed by atoms with Crippen molar-refractivity contribution in [3.05, 3.63) is 212 Å². The molecule has 0 radical (unpaired) electrons. The van der Waals surface area contributed by atoms with Crippen molar-refractivity contribution in [3.8, 4) is 33.4 Å². The van der Waals surface area contributed by atoms with Crippen LogP contribution in [0.2, 0.25) is 0 Å². The fourth-order valence-corrected chi connectivity index (χ4v) is 11.8. The number of aryl methyl sites for hydroxylation is 7. The summed E-state index contributed by atoms with van der Waals surface area (Å²) in [6, 6.07) is 52.2. The maximum absolute atomic E-state index is 2.41. The van der Waals surface area contributed by atoms with Crippen LogP contribution in [-0.4, -0.2) is 0 Å². The molecule has 0 heteroatoms. The van der Waals surface area contributed by atoms with Crippen molar-refractivity contribution in [1.82, 2.24) is 0 Å². The second-order valence-electron chi connectivity index (χ2n) is 20.9. The molecular formula is C64H62. The summed E-state index contributed by atoms with van der Waals surface area (Å²) in [5.41, 5.74) is 27.3. The van der Waals surface area contributed by atoms with Crippen molar-refractivity contribution in [2.45, 2.75) is 106 Å². The molecule has 0 atom stereocenters. The summed E-state index contributed by atoms with van der Waals surface area (Å²) in [6.07, 6.45) is 0. The molecule has 3 aliphatic rings. The summed E-state index contributed by atoms with van der Waals surface area (Å²) in [7, 11) is 0. The van der Waals surface area contributed by atoms with Crippen molar-refractivity contribution < 1.29 is 0 Å². The van der Waals surface area contributed by atoms with Gasteiger partial charge in [0.15, 0.2) is 0 Å². The molecule has 0 spiro atoms. The van der Waals surface area contributed by atoms with Crippen molar-refractivity contribution in [2.75, 3.05) is 0 Å². The largest absolute Gasteiger partial charge is 0.0616 e. The Hall–Kier alpha value is -6.24.